The fourth-order valence-corrected chi connectivity index (χ4v) is 1.33. The molecule has 0 saturated carbocycles. The molecule has 0 heterocycles. The number of aliphatic imine (C=N–C) groups is 1. The molecule has 1 aromatic carbocycles. The number of benzene rings is 1. The average Bonchev–Trinajstić information content (AvgIpc) is 2.40. The molecule has 0 aliphatic carbocycles. The van der Waals surface area contributed by atoms with Crippen LogP contribution < -0.4 is 15.4 Å². The molecule has 96 valence electrons. The van der Waals surface area contributed by atoms with Gasteiger partial charge in [0.15, 0.2) is 5.96 Å². The largest absolute Gasteiger partial charge is 0.492 e. The predicted molar refractivity (Wildman–Crippen MR) is 74.9 cm³/mol. The van der Waals surface area contributed by atoms with Gasteiger partial charge < -0.3 is 15.4 Å². The van der Waals surface area contributed by atoms with E-state index in [1.807, 2.05) is 31.2 Å². The van der Waals surface area contributed by atoms with Crippen LogP contribution >= 0.6 is 0 Å². The van der Waals surface area contributed by atoms with Crippen molar-refractivity contribution in [1.82, 2.24) is 10.6 Å². The van der Waals surface area contributed by atoms with Crippen molar-refractivity contribution >= 4 is 5.96 Å². The lowest BCUT2D eigenvalue weighted by atomic mass is 10.2. The lowest BCUT2D eigenvalue weighted by Gasteiger charge is -2.11. The topological polar surface area (TPSA) is 45.7 Å². The number of ether oxygens (including phenoxy) is 1. The quantitative estimate of drug-likeness (QED) is 0.354. The molecule has 0 fully saturated rings. The maximum Gasteiger partial charge on any atom is 0.191 e. The molecule has 1 aromatic rings. The molecule has 1 rings (SSSR count). The van der Waals surface area contributed by atoms with Gasteiger partial charge in [-0.1, -0.05) is 23.6 Å². The van der Waals surface area contributed by atoms with E-state index in [2.05, 4.69) is 21.5 Å². The fraction of sp³-hybridized carbons (Fsp3) is 0.357. The third-order valence-electron chi connectivity index (χ3n) is 2.27. The van der Waals surface area contributed by atoms with E-state index in [0.717, 1.165) is 5.75 Å². The van der Waals surface area contributed by atoms with Gasteiger partial charge in [-0.3, -0.25) is 4.99 Å². The number of nitrogens with zero attached hydrogens (tertiary/aromatic N) is 1. The first-order valence-electron chi connectivity index (χ1n) is 5.83. The van der Waals surface area contributed by atoms with Crippen molar-refractivity contribution in [1.29, 1.82) is 0 Å². The molecule has 0 amide bonds. The normalized spacial score (nSPS) is 10.6. The van der Waals surface area contributed by atoms with Crippen molar-refractivity contribution in [2.75, 3.05) is 26.7 Å². The van der Waals surface area contributed by atoms with Crippen LogP contribution in [-0.2, 0) is 0 Å². The summed E-state index contributed by atoms with van der Waals surface area (Å²) in [4.78, 5) is 4.03. The zero-order valence-corrected chi connectivity index (χ0v) is 10.9. The lowest BCUT2D eigenvalue weighted by molar-refractivity contribution is 0.322. The summed E-state index contributed by atoms with van der Waals surface area (Å²) in [6.45, 7) is 3.74. The van der Waals surface area contributed by atoms with Gasteiger partial charge >= 0.3 is 0 Å². The highest BCUT2D eigenvalue weighted by atomic mass is 16.5. The van der Waals surface area contributed by atoms with Crippen LogP contribution in [0, 0.1) is 19.3 Å². The van der Waals surface area contributed by atoms with E-state index >= 15 is 0 Å². The minimum Gasteiger partial charge on any atom is -0.492 e. The molecule has 0 spiro atoms. The van der Waals surface area contributed by atoms with Crippen molar-refractivity contribution in [3.8, 4) is 18.1 Å². The van der Waals surface area contributed by atoms with Crippen LogP contribution in [0.1, 0.15) is 5.56 Å². The second-order valence-corrected chi connectivity index (χ2v) is 3.72. The Morgan fingerprint density at radius 3 is 2.67 bits per heavy atom. The summed E-state index contributed by atoms with van der Waals surface area (Å²) in [6.07, 6.45) is 5.15. The molecule has 0 saturated heterocycles. The van der Waals surface area contributed by atoms with Gasteiger partial charge in [-0.25, -0.2) is 0 Å². The van der Waals surface area contributed by atoms with Gasteiger partial charge in [0.25, 0.3) is 0 Å². The summed E-state index contributed by atoms with van der Waals surface area (Å²) in [5, 5.41) is 6.08. The number of terminal acetylenes is 1. The summed E-state index contributed by atoms with van der Waals surface area (Å²) in [7, 11) is 1.70. The Hall–Kier alpha value is -2.15. The molecule has 0 aliphatic rings. The third kappa shape index (κ3) is 5.26. The van der Waals surface area contributed by atoms with Crippen LogP contribution in [0.5, 0.6) is 5.75 Å². The van der Waals surface area contributed by atoms with Gasteiger partial charge in [0, 0.05) is 7.05 Å². The Kier molecular flexibility index (Phi) is 6.20. The van der Waals surface area contributed by atoms with E-state index in [1.165, 1.54) is 5.56 Å². The Morgan fingerprint density at radius 1 is 1.33 bits per heavy atom. The molecule has 0 aromatic heterocycles. The highest BCUT2D eigenvalue weighted by Crippen LogP contribution is 2.10. The van der Waals surface area contributed by atoms with E-state index in [9.17, 15) is 0 Å². The number of rotatable bonds is 5. The molecule has 18 heavy (non-hydrogen) atoms. The van der Waals surface area contributed by atoms with Crippen LogP contribution in [0.3, 0.4) is 0 Å². The van der Waals surface area contributed by atoms with Gasteiger partial charge in [0.05, 0.1) is 13.1 Å². The molecule has 4 heteroatoms. The molecular weight excluding hydrogens is 226 g/mol. The van der Waals surface area contributed by atoms with Crippen molar-refractivity contribution in [3.05, 3.63) is 29.8 Å². The first kappa shape index (κ1) is 13.9. The van der Waals surface area contributed by atoms with Gasteiger partial charge in [0.2, 0.25) is 0 Å². The first-order chi connectivity index (χ1) is 8.76. The number of hydrogen-bond donors (Lipinski definition) is 2. The van der Waals surface area contributed by atoms with Gasteiger partial charge in [-0.2, -0.15) is 0 Å². The van der Waals surface area contributed by atoms with Gasteiger partial charge in [0.1, 0.15) is 12.4 Å². The monoisotopic (exact) mass is 245 g/mol. The molecule has 0 unspecified atom stereocenters. The minimum atomic E-state index is 0.457. The zero-order valence-electron chi connectivity index (χ0n) is 10.9. The fourth-order valence-electron chi connectivity index (χ4n) is 1.33. The van der Waals surface area contributed by atoms with Crippen LogP contribution in [0.2, 0.25) is 0 Å². The molecule has 2 N–H and O–H groups in total. The van der Waals surface area contributed by atoms with E-state index < -0.39 is 0 Å². The van der Waals surface area contributed by atoms with E-state index in [0.29, 0.717) is 25.7 Å². The predicted octanol–water partition coefficient (Wildman–Crippen LogP) is 1.17. The second-order valence-electron chi connectivity index (χ2n) is 3.72. The Bertz CT molecular complexity index is 418. The number of nitrogens with one attached hydrogen (secondary N) is 2. The maximum atomic E-state index is 5.57. The second kappa shape index (κ2) is 8.02. The molecule has 0 aliphatic heterocycles. The molecule has 0 atom stereocenters. The van der Waals surface area contributed by atoms with Crippen LogP contribution in [0.4, 0.5) is 0 Å². The van der Waals surface area contributed by atoms with Crippen LogP contribution in [0.25, 0.3) is 0 Å². The standard InChI is InChI=1S/C14H19N3O/c1-4-9-16-14(15-3)17-10-11-18-13-7-5-12(2)6-8-13/h1,5-8H,9-11H2,2-3H3,(H2,15,16,17). The summed E-state index contributed by atoms with van der Waals surface area (Å²) in [5.74, 6) is 4.04. The SMILES string of the molecule is C#CCNC(=NC)NCCOc1ccc(C)cc1. The Balaban J connectivity index is 2.22. The van der Waals surface area contributed by atoms with Crippen molar-refractivity contribution in [2.45, 2.75) is 6.92 Å². The van der Waals surface area contributed by atoms with Crippen LogP contribution in [-0.4, -0.2) is 32.7 Å². The molecule has 4 nitrogen and oxygen atoms in total. The Labute approximate surface area is 108 Å². The molecule has 0 radical (unpaired) electrons. The van der Waals surface area contributed by atoms with Gasteiger partial charge in [-0.05, 0) is 19.1 Å². The average molecular weight is 245 g/mol. The Morgan fingerprint density at radius 2 is 2.06 bits per heavy atom. The number of hydrogen-bond acceptors (Lipinski definition) is 2. The first-order valence-corrected chi connectivity index (χ1v) is 5.83. The summed E-state index contributed by atoms with van der Waals surface area (Å²) in [5.41, 5.74) is 1.22. The van der Waals surface area contributed by atoms with Gasteiger partial charge in [-0.15, -0.1) is 6.42 Å². The maximum absolute atomic E-state index is 5.57. The molecule has 0 bridgehead atoms. The highest BCUT2D eigenvalue weighted by Gasteiger charge is 1.96. The zero-order chi connectivity index (χ0) is 13.2. The van der Waals surface area contributed by atoms with E-state index in [-0.39, 0.29) is 0 Å². The summed E-state index contributed by atoms with van der Waals surface area (Å²) < 4.78 is 5.57. The van der Waals surface area contributed by atoms with E-state index in [1.54, 1.807) is 7.05 Å². The highest BCUT2D eigenvalue weighted by molar-refractivity contribution is 5.79. The smallest absolute Gasteiger partial charge is 0.191 e. The van der Waals surface area contributed by atoms with Crippen LogP contribution in [0.15, 0.2) is 29.3 Å². The van der Waals surface area contributed by atoms with E-state index in [4.69, 9.17) is 11.2 Å². The summed E-state index contributed by atoms with van der Waals surface area (Å²) in [6, 6.07) is 7.97. The minimum absolute atomic E-state index is 0.457. The number of guanidine groups is 1. The third-order valence-corrected chi connectivity index (χ3v) is 2.27. The molecular formula is C14H19N3O. The van der Waals surface area contributed by atoms with Crippen molar-refractivity contribution in [3.63, 3.8) is 0 Å². The number of aryl methyl sites for hydroxylation is 1. The lowest BCUT2D eigenvalue weighted by Crippen LogP contribution is -2.39. The van der Waals surface area contributed by atoms with Crippen molar-refractivity contribution < 1.29 is 4.74 Å². The van der Waals surface area contributed by atoms with Crippen molar-refractivity contribution in [2.24, 2.45) is 4.99 Å². The summed E-state index contributed by atoms with van der Waals surface area (Å²) >= 11 is 0.